The highest BCUT2D eigenvalue weighted by atomic mass is 35.5. The van der Waals surface area contributed by atoms with Crippen LogP contribution in [0.4, 0.5) is 0 Å². The van der Waals surface area contributed by atoms with Crippen molar-refractivity contribution >= 4 is 24.2 Å². The van der Waals surface area contributed by atoms with Crippen molar-refractivity contribution in [2.75, 3.05) is 25.5 Å². The van der Waals surface area contributed by atoms with E-state index < -0.39 is 0 Å². The molecular weight excluding hydrogens is 398 g/mol. The fraction of sp³-hybridized carbons (Fsp3) is 0.316. The lowest BCUT2D eigenvalue weighted by molar-refractivity contribution is 0.171. The van der Waals surface area contributed by atoms with Crippen molar-refractivity contribution < 1.29 is 9.47 Å². The summed E-state index contributed by atoms with van der Waals surface area (Å²) in [4.78, 5) is 0. The summed E-state index contributed by atoms with van der Waals surface area (Å²) < 4.78 is 12.9. The second-order valence-corrected chi connectivity index (χ2v) is 7.13. The molecule has 0 amide bonds. The van der Waals surface area contributed by atoms with E-state index in [1.807, 2.05) is 42.5 Å². The van der Waals surface area contributed by atoms with E-state index in [1.54, 1.807) is 16.4 Å². The van der Waals surface area contributed by atoms with Crippen LogP contribution in [-0.2, 0) is 6.54 Å². The average Bonchev–Trinajstić information content (AvgIpc) is 3.19. The average molecular weight is 420 g/mol. The van der Waals surface area contributed by atoms with Crippen molar-refractivity contribution in [3.05, 3.63) is 54.1 Å². The van der Waals surface area contributed by atoms with Crippen LogP contribution in [0.1, 0.15) is 12.0 Å². The van der Waals surface area contributed by atoms with Gasteiger partial charge in [0, 0.05) is 12.3 Å². The minimum Gasteiger partial charge on any atom is -0.486 e. The van der Waals surface area contributed by atoms with Crippen LogP contribution in [0.2, 0.25) is 0 Å². The molecule has 9 heteroatoms. The summed E-state index contributed by atoms with van der Waals surface area (Å²) >= 11 is 1.66. The van der Waals surface area contributed by atoms with Crippen molar-refractivity contribution in [3.63, 3.8) is 0 Å². The number of para-hydroxylation sites is 1. The first-order chi connectivity index (χ1) is 13.4. The quantitative estimate of drug-likeness (QED) is 0.444. The van der Waals surface area contributed by atoms with Gasteiger partial charge in [-0.3, -0.25) is 0 Å². The molecule has 2 aromatic carbocycles. The number of halogens is 1. The molecule has 0 spiro atoms. The van der Waals surface area contributed by atoms with Crippen LogP contribution >= 0.6 is 24.2 Å². The second-order valence-electron chi connectivity index (χ2n) is 6.07. The summed E-state index contributed by atoms with van der Waals surface area (Å²) in [5.41, 5.74) is 2.17. The number of thioether (sulfide) groups is 1. The first-order valence-electron chi connectivity index (χ1n) is 8.96. The molecular formula is C19H22ClN5O2S. The number of hydrogen-bond acceptors (Lipinski definition) is 7. The van der Waals surface area contributed by atoms with Gasteiger partial charge in [-0.1, -0.05) is 36.0 Å². The summed E-state index contributed by atoms with van der Waals surface area (Å²) in [7, 11) is 0. The normalized spacial score (nSPS) is 12.4. The van der Waals surface area contributed by atoms with E-state index in [4.69, 9.17) is 9.47 Å². The van der Waals surface area contributed by atoms with Crippen LogP contribution in [0, 0.1) is 0 Å². The van der Waals surface area contributed by atoms with Crippen LogP contribution in [0.5, 0.6) is 11.5 Å². The van der Waals surface area contributed by atoms with Gasteiger partial charge >= 0.3 is 0 Å². The van der Waals surface area contributed by atoms with Crippen molar-refractivity contribution in [1.29, 1.82) is 0 Å². The van der Waals surface area contributed by atoms with Gasteiger partial charge in [-0.2, -0.15) is 4.68 Å². The Labute approximate surface area is 174 Å². The molecule has 1 aliphatic rings. The molecule has 4 rings (SSSR count). The van der Waals surface area contributed by atoms with Gasteiger partial charge in [-0.25, -0.2) is 0 Å². The predicted molar refractivity (Wildman–Crippen MR) is 111 cm³/mol. The molecule has 3 aromatic rings. The molecule has 0 bridgehead atoms. The van der Waals surface area contributed by atoms with Crippen LogP contribution in [-0.4, -0.2) is 45.7 Å². The molecule has 0 atom stereocenters. The van der Waals surface area contributed by atoms with E-state index in [0.29, 0.717) is 13.2 Å². The number of nitrogens with one attached hydrogen (secondary N) is 1. The minimum absolute atomic E-state index is 0. The number of rotatable bonds is 8. The smallest absolute Gasteiger partial charge is 0.214 e. The third-order valence-corrected chi connectivity index (χ3v) is 5.11. The molecule has 28 heavy (non-hydrogen) atoms. The third kappa shape index (κ3) is 5.15. The van der Waals surface area contributed by atoms with Gasteiger partial charge < -0.3 is 14.8 Å². The molecule has 0 saturated carbocycles. The van der Waals surface area contributed by atoms with E-state index in [2.05, 4.69) is 26.9 Å². The maximum absolute atomic E-state index is 5.62. The topological polar surface area (TPSA) is 74.1 Å². The van der Waals surface area contributed by atoms with Crippen LogP contribution in [0.3, 0.4) is 0 Å². The van der Waals surface area contributed by atoms with Gasteiger partial charge in [0.1, 0.15) is 13.2 Å². The molecule has 1 N–H and O–H groups in total. The zero-order chi connectivity index (χ0) is 18.3. The fourth-order valence-electron chi connectivity index (χ4n) is 2.79. The van der Waals surface area contributed by atoms with Crippen LogP contribution in [0.15, 0.2) is 53.7 Å². The maximum atomic E-state index is 5.62. The Kier molecular flexibility index (Phi) is 7.53. The zero-order valence-corrected chi connectivity index (χ0v) is 16.9. The lowest BCUT2D eigenvalue weighted by Crippen LogP contribution is -2.17. The lowest BCUT2D eigenvalue weighted by atomic mass is 10.2. The first-order valence-corrected chi connectivity index (χ1v) is 9.94. The van der Waals surface area contributed by atoms with E-state index >= 15 is 0 Å². The highest BCUT2D eigenvalue weighted by Crippen LogP contribution is 2.30. The third-order valence-electron chi connectivity index (χ3n) is 4.11. The van der Waals surface area contributed by atoms with E-state index in [9.17, 15) is 0 Å². The second kappa shape index (κ2) is 10.3. The van der Waals surface area contributed by atoms with Gasteiger partial charge in [0.2, 0.25) is 5.16 Å². The molecule has 0 radical (unpaired) electrons. The van der Waals surface area contributed by atoms with Gasteiger partial charge in [0.05, 0.1) is 5.69 Å². The molecule has 1 aliphatic heterocycles. The van der Waals surface area contributed by atoms with Crippen molar-refractivity contribution in [3.8, 4) is 17.2 Å². The van der Waals surface area contributed by atoms with Crippen molar-refractivity contribution in [2.45, 2.75) is 18.1 Å². The molecule has 0 saturated heterocycles. The fourth-order valence-corrected chi connectivity index (χ4v) is 3.62. The van der Waals surface area contributed by atoms with E-state index in [0.717, 1.165) is 47.6 Å². The molecule has 0 unspecified atom stereocenters. The predicted octanol–water partition coefficient (Wildman–Crippen LogP) is 3.13. The standard InChI is InChI=1S/C19H21N5O2S.ClH/c1-2-5-16(6-3-1)24-19(21-22-23-24)27-12-4-9-20-14-15-7-8-17-18(13-15)26-11-10-25-17;/h1-3,5-8,13,20H,4,9-12,14H2;1H. The number of benzene rings is 2. The molecule has 1 aromatic heterocycles. The summed E-state index contributed by atoms with van der Waals surface area (Å²) in [6, 6.07) is 16.0. The monoisotopic (exact) mass is 419 g/mol. The molecule has 148 valence electrons. The van der Waals surface area contributed by atoms with Gasteiger partial charge in [-0.15, -0.1) is 17.5 Å². The number of aromatic nitrogens is 4. The zero-order valence-electron chi connectivity index (χ0n) is 15.3. The van der Waals surface area contributed by atoms with Crippen LogP contribution < -0.4 is 14.8 Å². The Morgan fingerprint density at radius 3 is 2.71 bits per heavy atom. The molecule has 0 fully saturated rings. The number of nitrogens with zero attached hydrogens (tertiary/aromatic N) is 4. The Morgan fingerprint density at radius 1 is 1.04 bits per heavy atom. The van der Waals surface area contributed by atoms with Crippen molar-refractivity contribution in [2.24, 2.45) is 0 Å². The SMILES string of the molecule is Cl.c1ccc(-n2nnnc2SCCCNCc2ccc3c(c2)OCCO3)cc1. The Balaban J connectivity index is 0.00000225. The van der Waals surface area contributed by atoms with E-state index in [1.165, 1.54) is 5.56 Å². The minimum atomic E-state index is 0. The van der Waals surface area contributed by atoms with E-state index in [-0.39, 0.29) is 12.4 Å². The summed E-state index contributed by atoms with van der Waals surface area (Å²) in [5.74, 6) is 2.61. The number of tetrazole rings is 1. The summed E-state index contributed by atoms with van der Waals surface area (Å²) in [5, 5.41) is 16.3. The van der Waals surface area contributed by atoms with Gasteiger partial charge in [-0.05, 0) is 53.2 Å². The van der Waals surface area contributed by atoms with Crippen molar-refractivity contribution in [1.82, 2.24) is 25.5 Å². The molecule has 7 nitrogen and oxygen atoms in total. The summed E-state index contributed by atoms with van der Waals surface area (Å²) in [6.45, 7) is 2.97. The Morgan fingerprint density at radius 2 is 1.86 bits per heavy atom. The molecule has 2 heterocycles. The van der Waals surface area contributed by atoms with Crippen LogP contribution in [0.25, 0.3) is 5.69 Å². The number of hydrogen-bond donors (Lipinski definition) is 1. The number of ether oxygens (including phenoxy) is 2. The highest BCUT2D eigenvalue weighted by molar-refractivity contribution is 7.99. The lowest BCUT2D eigenvalue weighted by Gasteiger charge is -2.19. The Bertz CT molecular complexity index is 878. The number of fused-ring (bicyclic) bond motifs is 1. The summed E-state index contributed by atoms with van der Waals surface area (Å²) in [6.07, 6.45) is 1.02. The Hall–Kier alpha value is -2.29. The van der Waals surface area contributed by atoms with Gasteiger partial charge in [0.25, 0.3) is 0 Å². The van der Waals surface area contributed by atoms with Gasteiger partial charge in [0.15, 0.2) is 11.5 Å². The highest BCUT2D eigenvalue weighted by Gasteiger charge is 2.11. The largest absolute Gasteiger partial charge is 0.486 e. The molecule has 0 aliphatic carbocycles. The first kappa shape index (κ1) is 20.4. The maximum Gasteiger partial charge on any atom is 0.214 e.